The van der Waals surface area contributed by atoms with E-state index in [0.717, 1.165) is 4.90 Å². The Morgan fingerprint density at radius 3 is 2.63 bits per heavy atom. The predicted molar refractivity (Wildman–Crippen MR) is 72.5 cm³/mol. The Hall–Kier alpha value is -1.43. The molecule has 0 aliphatic carbocycles. The fourth-order valence-electron chi connectivity index (χ4n) is 1.62. The molecule has 4 nitrogen and oxygen atoms in total. The molecular weight excluding hydrogens is 317 g/mol. The second kappa shape index (κ2) is 6.65. The Kier molecular flexibility index (Phi) is 5.47. The highest BCUT2D eigenvalue weighted by Gasteiger charge is 2.25. The highest BCUT2D eigenvalue weighted by molar-refractivity contribution is 9.10. The van der Waals surface area contributed by atoms with E-state index in [1.54, 1.807) is 6.92 Å². The first-order valence-corrected chi connectivity index (χ1v) is 6.64. The summed E-state index contributed by atoms with van der Waals surface area (Å²) in [5.41, 5.74) is -0.129. The molecular formula is C13H15BrFNO3. The minimum absolute atomic E-state index is 0.129. The molecule has 0 fully saturated rings. The van der Waals surface area contributed by atoms with Crippen molar-refractivity contribution in [2.24, 2.45) is 0 Å². The van der Waals surface area contributed by atoms with Crippen molar-refractivity contribution in [1.82, 2.24) is 4.90 Å². The van der Waals surface area contributed by atoms with Gasteiger partial charge in [-0.2, -0.15) is 0 Å². The lowest BCUT2D eigenvalue weighted by atomic mass is 10.1. The van der Waals surface area contributed by atoms with Gasteiger partial charge in [0, 0.05) is 6.04 Å². The van der Waals surface area contributed by atoms with E-state index < -0.39 is 24.2 Å². The standard InChI is InChI=1S/C13H15BrFNO3/c1-3-8(2)16(7-11(17)18)13(19)9-5-4-6-10(14)12(9)15/h4-6,8H,3,7H2,1-2H3,(H,17,18). The van der Waals surface area contributed by atoms with Crippen molar-refractivity contribution >= 4 is 27.8 Å². The number of nitrogens with zero attached hydrogens (tertiary/aromatic N) is 1. The molecule has 1 atom stereocenters. The van der Waals surface area contributed by atoms with E-state index in [-0.39, 0.29) is 16.1 Å². The molecule has 0 aliphatic heterocycles. The summed E-state index contributed by atoms with van der Waals surface area (Å²) in [5, 5.41) is 8.85. The quantitative estimate of drug-likeness (QED) is 0.902. The van der Waals surface area contributed by atoms with Crippen LogP contribution in [0.15, 0.2) is 22.7 Å². The molecule has 0 saturated heterocycles. The number of benzene rings is 1. The van der Waals surface area contributed by atoms with Gasteiger partial charge in [-0.05, 0) is 41.4 Å². The van der Waals surface area contributed by atoms with E-state index in [1.165, 1.54) is 18.2 Å². The third-order valence-electron chi connectivity index (χ3n) is 2.87. The SMILES string of the molecule is CCC(C)N(CC(=O)O)C(=O)c1cccc(Br)c1F. The summed E-state index contributed by atoms with van der Waals surface area (Å²) in [5.74, 6) is -2.41. The van der Waals surface area contributed by atoms with Crippen LogP contribution in [0.25, 0.3) is 0 Å². The minimum atomic E-state index is -1.12. The van der Waals surface area contributed by atoms with E-state index in [9.17, 15) is 14.0 Å². The van der Waals surface area contributed by atoms with Crippen LogP contribution in [0.4, 0.5) is 4.39 Å². The number of carboxylic acids is 1. The van der Waals surface area contributed by atoms with Crippen LogP contribution in [0.2, 0.25) is 0 Å². The third-order valence-corrected chi connectivity index (χ3v) is 3.48. The van der Waals surface area contributed by atoms with Crippen molar-refractivity contribution in [3.63, 3.8) is 0 Å². The summed E-state index contributed by atoms with van der Waals surface area (Å²) >= 11 is 3.01. The third kappa shape index (κ3) is 3.76. The van der Waals surface area contributed by atoms with Crippen molar-refractivity contribution < 1.29 is 19.1 Å². The normalized spacial score (nSPS) is 12.0. The monoisotopic (exact) mass is 331 g/mol. The second-order valence-electron chi connectivity index (χ2n) is 4.19. The van der Waals surface area contributed by atoms with Crippen LogP contribution in [0, 0.1) is 5.82 Å². The Labute approximate surface area is 119 Å². The fourth-order valence-corrected chi connectivity index (χ4v) is 1.98. The lowest BCUT2D eigenvalue weighted by Crippen LogP contribution is -2.42. The van der Waals surface area contributed by atoms with Gasteiger partial charge in [0.2, 0.25) is 0 Å². The van der Waals surface area contributed by atoms with Crippen LogP contribution in [0.5, 0.6) is 0 Å². The smallest absolute Gasteiger partial charge is 0.323 e. The van der Waals surface area contributed by atoms with Gasteiger partial charge in [0.15, 0.2) is 0 Å². The maximum absolute atomic E-state index is 13.9. The molecule has 1 amide bonds. The maximum Gasteiger partial charge on any atom is 0.323 e. The molecule has 0 bridgehead atoms. The van der Waals surface area contributed by atoms with E-state index in [0.29, 0.717) is 6.42 Å². The van der Waals surface area contributed by atoms with Crippen molar-refractivity contribution in [3.8, 4) is 0 Å². The van der Waals surface area contributed by atoms with Gasteiger partial charge in [-0.15, -0.1) is 0 Å². The molecule has 19 heavy (non-hydrogen) atoms. The molecule has 1 rings (SSSR count). The van der Waals surface area contributed by atoms with Crippen molar-refractivity contribution in [2.45, 2.75) is 26.3 Å². The summed E-state index contributed by atoms with van der Waals surface area (Å²) in [6.45, 7) is 3.13. The van der Waals surface area contributed by atoms with Crippen LogP contribution < -0.4 is 0 Å². The number of halogens is 2. The highest BCUT2D eigenvalue weighted by atomic mass is 79.9. The molecule has 0 aliphatic rings. The Morgan fingerprint density at radius 2 is 2.11 bits per heavy atom. The number of carbonyl (C=O) groups excluding carboxylic acids is 1. The maximum atomic E-state index is 13.9. The topological polar surface area (TPSA) is 57.6 Å². The molecule has 1 aromatic carbocycles. The van der Waals surface area contributed by atoms with E-state index in [4.69, 9.17) is 5.11 Å². The van der Waals surface area contributed by atoms with Gasteiger partial charge in [0.25, 0.3) is 5.91 Å². The van der Waals surface area contributed by atoms with Crippen molar-refractivity contribution in [1.29, 1.82) is 0 Å². The molecule has 1 unspecified atom stereocenters. The summed E-state index contributed by atoms with van der Waals surface area (Å²) < 4.78 is 14.1. The van der Waals surface area contributed by atoms with Gasteiger partial charge < -0.3 is 10.0 Å². The summed E-state index contributed by atoms with van der Waals surface area (Å²) in [4.78, 5) is 24.2. The van der Waals surface area contributed by atoms with E-state index >= 15 is 0 Å². The van der Waals surface area contributed by atoms with Crippen LogP contribution in [-0.2, 0) is 4.79 Å². The molecule has 1 N–H and O–H groups in total. The number of amides is 1. The van der Waals surface area contributed by atoms with Crippen molar-refractivity contribution in [2.75, 3.05) is 6.54 Å². The zero-order valence-corrected chi connectivity index (χ0v) is 12.3. The number of hydrogen-bond donors (Lipinski definition) is 1. The molecule has 0 saturated carbocycles. The molecule has 104 valence electrons. The van der Waals surface area contributed by atoms with Gasteiger partial charge in [0.05, 0.1) is 10.0 Å². The molecule has 6 heteroatoms. The Bertz CT molecular complexity index is 493. The average Bonchev–Trinajstić information content (AvgIpc) is 2.37. The van der Waals surface area contributed by atoms with E-state index in [2.05, 4.69) is 15.9 Å². The number of rotatable bonds is 5. The second-order valence-corrected chi connectivity index (χ2v) is 5.04. The first kappa shape index (κ1) is 15.6. The van der Waals surface area contributed by atoms with Gasteiger partial charge in [-0.3, -0.25) is 9.59 Å². The molecule has 0 spiro atoms. The summed E-state index contributed by atoms with van der Waals surface area (Å²) in [6.07, 6.45) is 0.592. The zero-order chi connectivity index (χ0) is 14.6. The van der Waals surface area contributed by atoms with Gasteiger partial charge in [0.1, 0.15) is 12.4 Å². The van der Waals surface area contributed by atoms with Gasteiger partial charge in [-0.25, -0.2) is 4.39 Å². The van der Waals surface area contributed by atoms with Crippen LogP contribution in [0.1, 0.15) is 30.6 Å². The lowest BCUT2D eigenvalue weighted by Gasteiger charge is -2.27. The number of hydrogen-bond acceptors (Lipinski definition) is 2. The highest BCUT2D eigenvalue weighted by Crippen LogP contribution is 2.21. The van der Waals surface area contributed by atoms with E-state index in [1.807, 2.05) is 6.92 Å². The number of carboxylic acid groups (broad SMARTS) is 1. The molecule has 0 aromatic heterocycles. The van der Waals surface area contributed by atoms with Crippen LogP contribution >= 0.6 is 15.9 Å². The summed E-state index contributed by atoms with van der Waals surface area (Å²) in [6, 6.07) is 4.09. The zero-order valence-electron chi connectivity index (χ0n) is 10.7. The molecule has 0 heterocycles. The number of aliphatic carboxylic acids is 1. The Balaban J connectivity index is 3.11. The largest absolute Gasteiger partial charge is 0.480 e. The lowest BCUT2D eigenvalue weighted by molar-refractivity contribution is -0.138. The number of carbonyl (C=O) groups is 2. The van der Waals surface area contributed by atoms with Gasteiger partial charge >= 0.3 is 5.97 Å². The predicted octanol–water partition coefficient (Wildman–Crippen LogP) is 2.91. The Morgan fingerprint density at radius 1 is 1.47 bits per heavy atom. The average molecular weight is 332 g/mol. The van der Waals surface area contributed by atoms with Gasteiger partial charge in [-0.1, -0.05) is 13.0 Å². The molecule has 1 aromatic rings. The van der Waals surface area contributed by atoms with Crippen LogP contribution in [-0.4, -0.2) is 34.5 Å². The summed E-state index contributed by atoms with van der Waals surface area (Å²) in [7, 11) is 0. The first-order chi connectivity index (χ1) is 8.88. The molecule has 0 radical (unpaired) electrons. The van der Waals surface area contributed by atoms with Crippen LogP contribution in [0.3, 0.4) is 0 Å². The van der Waals surface area contributed by atoms with Crippen molar-refractivity contribution in [3.05, 3.63) is 34.1 Å². The first-order valence-electron chi connectivity index (χ1n) is 5.85. The fraction of sp³-hybridized carbons (Fsp3) is 0.385. The minimum Gasteiger partial charge on any atom is -0.480 e.